The van der Waals surface area contributed by atoms with Gasteiger partial charge in [-0.25, -0.2) is 5.43 Å². The number of benzene rings is 3. The standard InChI is InChI=1S/C22H20N2O2/c25-22(15-14-18-8-3-1-4-9-18)24-23-17-19-10-7-13-21(16-19)26-20-11-5-2-6-12-20/h1-13,16-17H,14-15H2,(H,24,25). The summed E-state index contributed by atoms with van der Waals surface area (Å²) in [6.07, 6.45) is 2.71. The van der Waals surface area contributed by atoms with Crippen molar-refractivity contribution >= 4 is 12.1 Å². The topological polar surface area (TPSA) is 50.7 Å². The summed E-state index contributed by atoms with van der Waals surface area (Å²) in [7, 11) is 0. The lowest BCUT2D eigenvalue weighted by molar-refractivity contribution is -0.121. The number of ether oxygens (including phenoxy) is 1. The molecule has 3 rings (SSSR count). The highest BCUT2D eigenvalue weighted by molar-refractivity contribution is 5.82. The number of rotatable bonds is 7. The second kappa shape index (κ2) is 9.18. The number of hydrogen-bond donors (Lipinski definition) is 1. The quantitative estimate of drug-likeness (QED) is 0.504. The molecule has 0 aliphatic rings. The summed E-state index contributed by atoms with van der Waals surface area (Å²) >= 11 is 0. The van der Waals surface area contributed by atoms with Gasteiger partial charge in [-0.15, -0.1) is 0 Å². The van der Waals surface area contributed by atoms with Crippen LogP contribution in [0.1, 0.15) is 17.5 Å². The Morgan fingerprint density at radius 1 is 0.885 bits per heavy atom. The summed E-state index contributed by atoms with van der Waals surface area (Å²) in [6, 6.07) is 27.0. The molecule has 0 saturated carbocycles. The van der Waals surface area contributed by atoms with Crippen LogP contribution in [0.2, 0.25) is 0 Å². The minimum absolute atomic E-state index is 0.109. The van der Waals surface area contributed by atoms with Gasteiger partial charge in [-0.05, 0) is 41.8 Å². The van der Waals surface area contributed by atoms with Crippen LogP contribution in [-0.2, 0) is 11.2 Å². The molecule has 4 nitrogen and oxygen atoms in total. The predicted molar refractivity (Wildman–Crippen MR) is 103 cm³/mol. The average Bonchev–Trinajstić information content (AvgIpc) is 2.68. The molecule has 1 amide bonds. The maximum Gasteiger partial charge on any atom is 0.240 e. The van der Waals surface area contributed by atoms with E-state index in [2.05, 4.69) is 10.5 Å². The van der Waals surface area contributed by atoms with Gasteiger partial charge in [0.25, 0.3) is 0 Å². The van der Waals surface area contributed by atoms with E-state index in [4.69, 9.17) is 4.74 Å². The molecule has 0 unspecified atom stereocenters. The van der Waals surface area contributed by atoms with E-state index in [0.717, 1.165) is 22.6 Å². The molecule has 0 aromatic heterocycles. The molecule has 26 heavy (non-hydrogen) atoms. The largest absolute Gasteiger partial charge is 0.457 e. The van der Waals surface area contributed by atoms with Crippen LogP contribution in [-0.4, -0.2) is 12.1 Å². The Kier molecular flexibility index (Phi) is 6.15. The minimum Gasteiger partial charge on any atom is -0.457 e. The van der Waals surface area contributed by atoms with E-state index < -0.39 is 0 Å². The van der Waals surface area contributed by atoms with Crippen molar-refractivity contribution in [2.75, 3.05) is 0 Å². The van der Waals surface area contributed by atoms with E-state index in [-0.39, 0.29) is 5.91 Å². The predicted octanol–water partition coefficient (Wildman–Crippen LogP) is 4.56. The third-order valence-corrected chi connectivity index (χ3v) is 3.72. The van der Waals surface area contributed by atoms with Gasteiger partial charge >= 0.3 is 0 Å². The number of nitrogens with zero attached hydrogens (tertiary/aromatic N) is 1. The van der Waals surface area contributed by atoms with E-state index in [0.29, 0.717) is 12.8 Å². The first-order chi connectivity index (χ1) is 12.8. The number of amides is 1. The zero-order valence-electron chi connectivity index (χ0n) is 14.3. The van der Waals surface area contributed by atoms with E-state index in [1.54, 1.807) is 6.21 Å². The monoisotopic (exact) mass is 344 g/mol. The van der Waals surface area contributed by atoms with Crippen LogP contribution in [0.3, 0.4) is 0 Å². The molecule has 3 aromatic rings. The second-order valence-corrected chi connectivity index (χ2v) is 5.77. The van der Waals surface area contributed by atoms with Crippen molar-refractivity contribution in [3.63, 3.8) is 0 Å². The molecule has 1 N–H and O–H groups in total. The smallest absolute Gasteiger partial charge is 0.240 e. The Labute approximate surface area is 153 Å². The van der Waals surface area contributed by atoms with Gasteiger partial charge in [-0.3, -0.25) is 4.79 Å². The summed E-state index contributed by atoms with van der Waals surface area (Å²) in [5.41, 5.74) is 4.55. The fourth-order valence-corrected chi connectivity index (χ4v) is 2.42. The van der Waals surface area contributed by atoms with Gasteiger partial charge in [0.1, 0.15) is 11.5 Å². The van der Waals surface area contributed by atoms with Crippen molar-refractivity contribution in [3.05, 3.63) is 96.1 Å². The van der Waals surface area contributed by atoms with Crippen LogP contribution in [0.15, 0.2) is 90.0 Å². The van der Waals surface area contributed by atoms with Crippen LogP contribution in [0.4, 0.5) is 0 Å². The number of nitrogens with one attached hydrogen (secondary N) is 1. The Bertz CT molecular complexity index is 862. The summed E-state index contributed by atoms with van der Waals surface area (Å²) < 4.78 is 5.78. The average molecular weight is 344 g/mol. The normalized spacial score (nSPS) is 10.6. The van der Waals surface area contributed by atoms with E-state index in [1.165, 1.54) is 0 Å². The molecule has 0 atom stereocenters. The van der Waals surface area contributed by atoms with Gasteiger partial charge in [0.2, 0.25) is 5.91 Å². The second-order valence-electron chi connectivity index (χ2n) is 5.77. The molecule has 0 heterocycles. The Morgan fingerprint density at radius 3 is 2.35 bits per heavy atom. The number of aryl methyl sites for hydroxylation is 1. The fourth-order valence-electron chi connectivity index (χ4n) is 2.42. The Hall–Kier alpha value is -3.40. The first-order valence-electron chi connectivity index (χ1n) is 8.48. The highest BCUT2D eigenvalue weighted by Crippen LogP contribution is 2.21. The van der Waals surface area contributed by atoms with Gasteiger partial charge in [0.05, 0.1) is 6.21 Å². The van der Waals surface area contributed by atoms with Crippen molar-refractivity contribution in [2.45, 2.75) is 12.8 Å². The SMILES string of the molecule is O=C(CCc1ccccc1)NN=Cc1cccc(Oc2ccccc2)c1. The zero-order chi connectivity index (χ0) is 18.0. The summed E-state index contributed by atoms with van der Waals surface area (Å²) in [5.74, 6) is 1.38. The zero-order valence-corrected chi connectivity index (χ0v) is 14.3. The number of para-hydroxylation sites is 1. The molecule has 0 aliphatic carbocycles. The van der Waals surface area contributed by atoms with Crippen molar-refractivity contribution < 1.29 is 9.53 Å². The van der Waals surface area contributed by atoms with Gasteiger partial charge in [0.15, 0.2) is 0 Å². The van der Waals surface area contributed by atoms with Gasteiger partial charge in [-0.1, -0.05) is 60.7 Å². The molecular formula is C22H20N2O2. The molecule has 4 heteroatoms. The highest BCUT2D eigenvalue weighted by Gasteiger charge is 2.01. The fraction of sp³-hybridized carbons (Fsp3) is 0.0909. The lowest BCUT2D eigenvalue weighted by Gasteiger charge is -2.05. The van der Waals surface area contributed by atoms with Crippen molar-refractivity contribution in [3.8, 4) is 11.5 Å². The summed E-state index contributed by atoms with van der Waals surface area (Å²) in [6.45, 7) is 0. The van der Waals surface area contributed by atoms with Gasteiger partial charge < -0.3 is 4.74 Å². The molecule has 0 spiro atoms. The third-order valence-electron chi connectivity index (χ3n) is 3.72. The van der Waals surface area contributed by atoms with Crippen LogP contribution in [0.5, 0.6) is 11.5 Å². The molecule has 0 bridgehead atoms. The van der Waals surface area contributed by atoms with Crippen molar-refractivity contribution in [1.82, 2.24) is 5.43 Å². The third kappa shape index (κ3) is 5.60. The maximum atomic E-state index is 11.9. The van der Waals surface area contributed by atoms with Crippen LogP contribution in [0.25, 0.3) is 0 Å². The minimum atomic E-state index is -0.109. The Balaban J connectivity index is 1.50. The molecule has 0 fully saturated rings. The highest BCUT2D eigenvalue weighted by atomic mass is 16.5. The van der Waals surface area contributed by atoms with Crippen LogP contribution >= 0.6 is 0 Å². The van der Waals surface area contributed by atoms with E-state index in [9.17, 15) is 4.79 Å². The first kappa shape index (κ1) is 17.4. The number of hydrogen-bond acceptors (Lipinski definition) is 3. The van der Waals surface area contributed by atoms with Crippen LogP contribution in [0, 0.1) is 0 Å². The lowest BCUT2D eigenvalue weighted by Crippen LogP contribution is -2.17. The Morgan fingerprint density at radius 2 is 1.58 bits per heavy atom. The number of hydrazone groups is 1. The number of carbonyl (C=O) groups is 1. The van der Waals surface area contributed by atoms with E-state index >= 15 is 0 Å². The maximum absolute atomic E-state index is 11.9. The van der Waals surface area contributed by atoms with E-state index in [1.807, 2.05) is 84.9 Å². The molecule has 0 radical (unpaired) electrons. The van der Waals surface area contributed by atoms with Crippen molar-refractivity contribution in [2.24, 2.45) is 5.10 Å². The molecule has 0 saturated heterocycles. The van der Waals surface area contributed by atoms with Crippen LogP contribution < -0.4 is 10.2 Å². The summed E-state index contributed by atoms with van der Waals surface area (Å²) in [5, 5.41) is 4.02. The van der Waals surface area contributed by atoms with Crippen molar-refractivity contribution in [1.29, 1.82) is 0 Å². The van der Waals surface area contributed by atoms with Gasteiger partial charge in [-0.2, -0.15) is 5.10 Å². The molecular weight excluding hydrogens is 324 g/mol. The first-order valence-corrected chi connectivity index (χ1v) is 8.48. The lowest BCUT2D eigenvalue weighted by atomic mass is 10.1. The summed E-state index contributed by atoms with van der Waals surface area (Å²) in [4.78, 5) is 11.9. The molecule has 0 aliphatic heterocycles. The van der Waals surface area contributed by atoms with Gasteiger partial charge in [0, 0.05) is 6.42 Å². The number of carbonyl (C=O) groups excluding carboxylic acids is 1. The molecule has 3 aromatic carbocycles. The molecule has 130 valence electrons.